The highest BCUT2D eigenvalue weighted by atomic mass is 35.5. The number of carbonyl (C=O) groups is 1. The van der Waals surface area contributed by atoms with Crippen molar-refractivity contribution in [1.82, 2.24) is 5.32 Å². The molecule has 0 aromatic heterocycles. The van der Waals surface area contributed by atoms with Crippen LogP contribution in [0.1, 0.15) is 50.3 Å². The molecule has 3 nitrogen and oxygen atoms in total. The summed E-state index contributed by atoms with van der Waals surface area (Å²) in [4.78, 5) is 12.1. The molecule has 1 aliphatic carbocycles. The van der Waals surface area contributed by atoms with Crippen molar-refractivity contribution in [3.05, 3.63) is 35.4 Å². The topological polar surface area (TPSA) is 55.1 Å². The first kappa shape index (κ1) is 17.0. The van der Waals surface area contributed by atoms with Crippen molar-refractivity contribution in [2.45, 2.75) is 51.6 Å². The van der Waals surface area contributed by atoms with Gasteiger partial charge in [0.05, 0.1) is 6.04 Å². The summed E-state index contributed by atoms with van der Waals surface area (Å²) in [5.41, 5.74) is 8.34. The van der Waals surface area contributed by atoms with Gasteiger partial charge in [-0.15, -0.1) is 12.4 Å². The van der Waals surface area contributed by atoms with Crippen molar-refractivity contribution in [2.75, 3.05) is 0 Å². The fourth-order valence-corrected chi connectivity index (χ4v) is 2.71. The third kappa shape index (κ3) is 4.22. The third-order valence-corrected chi connectivity index (χ3v) is 4.09. The zero-order valence-electron chi connectivity index (χ0n) is 12.3. The second-order valence-electron chi connectivity index (χ2n) is 5.60. The molecule has 1 saturated carbocycles. The smallest absolute Gasteiger partial charge is 0.223 e. The van der Waals surface area contributed by atoms with E-state index in [0.717, 1.165) is 31.2 Å². The van der Waals surface area contributed by atoms with Gasteiger partial charge >= 0.3 is 0 Å². The molecule has 1 aromatic carbocycles. The monoisotopic (exact) mass is 296 g/mol. The lowest BCUT2D eigenvalue weighted by atomic mass is 10.0. The number of hydrogen-bond acceptors (Lipinski definition) is 2. The zero-order valence-corrected chi connectivity index (χ0v) is 13.1. The summed E-state index contributed by atoms with van der Waals surface area (Å²) in [6.45, 7) is 4.18. The Labute approximate surface area is 127 Å². The Morgan fingerprint density at radius 3 is 2.50 bits per heavy atom. The minimum Gasteiger partial charge on any atom is -0.349 e. The molecule has 0 saturated heterocycles. The first-order valence-electron chi connectivity index (χ1n) is 7.25. The summed E-state index contributed by atoms with van der Waals surface area (Å²) in [6.07, 6.45) is 3.76. The van der Waals surface area contributed by atoms with Crippen LogP contribution in [0, 0.1) is 5.92 Å². The summed E-state index contributed by atoms with van der Waals surface area (Å²) < 4.78 is 0. The SMILES string of the molecule is CCc1ccc(C(C)NC(=O)C2CCC(N)C2)cc1.Cl. The summed E-state index contributed by atoms with van der Waals surface area (Å²) >= 11 is 0. The molecule has 0 spiro atoms. The molecule has 3 N–H and O–H groups in total. The zero-order chi connectivity index (χ0) is 13.8. The Hall–Kier alpha value is -1.06. The van der Waals surface area contributed by atoms with Crippen LogP contribution < -0.4 is 11.1 Å². The van der Waals surface area contributed by atoms with Crippen molar-refractivity contribution >= 4 is 18.3 Å². The van der Waals surface area contributed by atoms with Crippen LogP contribution in [-0.2, 0) is 11.2 Å². The molecule has 3 unspecified atom stereocenters. The van der Waals surface area contributed by atoms with Crippen LogP contribution in [0.25, 0.3) is 0 Å². The van der Waals surface area contributed by atoms with E-state index in [4.69, 9.17) is 5.73 Å². The summed E-state index contributed by atoms with van der Waals surface area (Å²) in [5.74, 6) is 0.257. The van der Waals surface area contributed by atoms with Crippen LogP contribution in [-0.4, -0.2) is 11.9 Å². The molecule has 0 radical (unpaired) electrons. The number of hydrogen-bond donors (Lipinski definition) is 2. The van der Waals surface area contributed by atoms with Gasteiger partial charge in [0.2, 0.25) is 5.91 Å². The molecular weight excluding hydrogens is 272 g/mol. The van der Waals surface area contributed by atoms with E-state index in [1.54, 1.807) is 0 Å². The van der Waals surface area contributed by atoms with Gasteiger partial charge in [-0.2, -0.15) is 0 Å². The fraction of sp³-hybridized carbons (Fsp3) is 0.562. The minimum atomic E-state index is 0. The number of nitrogens with two attached hydrogens (primary N) is 1. The average molecular weight is 297 g/mol. The standard InChI is InChI=1S/C16H24N2O.ClH/c1-3-12-4-6-13(7-5-12)11(2)18-16(19)14-8-9-15(17)10-14;/h4-7,11,14-15H,3,8-10,17H2,1-2H3,(H,18,19);1H. The van der Waals surface area contributed by atoms with Crippen LogP contribution >= 0.6 is 12.4 Å². The van der Waals surface area contributed by atoms with Gasteiger partial charge in [0.1, 0.15) is 0 Å². The molecule has 1 aromatic rings. The van der Waals surface area contributed by atoms with Crippen molar-refractivity contribution in [2.24, 2.45) is 11.7 Å². The van der Waals surface area contributed by atoms with Gasteiger partial charge in [-0.05, 0) is 43.7 Å². The van der Waals surface area contributed by atoms with Crippen LogP contribution in [0.5, 0.6) is 0 Å². The van der Waals surface area contributed by atoms with Gasteiger partial charge < -0.3 is 11.1 Å². The van der Waals surface area contributed by atoms with E-state index in [0.29, 0.717) is 0 Å². The van der Waals surface area contributed by atoms with Gasteiger partial charge in [0.15, 0.2) is 0 Å². The molecule has 0 bridgehead atoms. The normalized spacial score (nSPS) is 22.9. The van der Waals surface area contributed by atoms with Gasteiger partial charge in [0, 0.05) is 12.0 Å². The van der Waals surface area contributed by atoms with E-state index in [2.05, 4.69) is 36.5 Å². The van der Waals surface area contributed by atoms with E-state index < -0.39 is 0 Å². The second kappa shape index (κ2) is 7.65. The van der Waals surface area contributed by atoms with Gasteiger partial charge in [-0.25, -0.2) is 0 Å². The lowest BCUT2D eigenvalue weighted by Gasteiger charge is -2.17. The molecule has 0 aliphatic heterocycles. The largest absolute Gasteiger partial charge is 0.349 e. The molecule has 2 rings (SSSR count). The molecule has 112 valence electrons. The minimum absolute atomic E-state index is 0. The molecule has 1 amide bonds. The first-order valence-corrected chi connectivity index (χ1v) is 7.25. The Bertz CT molecular complexity index is 433. The molecular formula is C16H25ClN2O. The van der Waals surface area contributed by atoms with E-state index in [9.17, 15) is 4.79 Å². The highest BCUT2D eigenvalue weighted by molar-refractivity contribution is 5.85. The number of benzene rings is 1. The molecule has 1 fully saturated rings. The van der Waals surface area contributed by atoms with E-state index in [1.807, 2.05) is 6.92 Å². The average Bonchev–Trinajstić information content (AvgIpc) is 2.85. The van der Waals surface area contributed by atoms with Crippen molar-refractivity contribution in [1.29, 1.82) is 0 Å². The summed E-state index contributed by atoms with van der Waals surface area (Å²) in [5, 5.41) is 3.10. The van der Waals surface area contributed by atoms with Crippen molar-refractivity contribution in [3.8, 4) is 0 Å². The van der Waals surface area contributed by atoms with E-state index in [1.165, 1.54) is 5.56 Å². The Morgan fingerprint density at radius 1 is 1.35 bits per heavy atom. The number of aryl methyl sites for hydroxylation is 1. The highest BCUT2D eigenvalue weighted by Gasteiger charge is 2.28. The first-order chi connectivity index (χ1) is 9.10. The van der Waals surface area contributed by atoms with E-state index >= 15 is 0 Å². The number of amides is 1. The van der Waals surface area contributed by atoms with Crippen LogP contribution in [0.3, 0.4) is 0 Å². The Kier molecular flexibility index (Phi) is 6.50. The van der Waals surface area contributed by atoms with Crippen LogP contribution in [0.15, 0.2) is 24.3 Å². The molecule has 1 aliphatic rings. The fourth-order valence-electron chi connectivity index (χ4n) is 2.71. The summed E-state index contributed by atoms with van der Waals surface area (Å²) in [7, 11) is 0. The molecule has 3 atom stereocenters. The highest BCUT2D eigenvalue weighted by Crippen LogP contribution is 2.25. The van der Waals surface area contributed by atoms with Crippen LogP contribution in [0.2, 0.25) is 0 Å². The maximum Gasteiger partial charge on any atom is 0.223 e. The maximum atomic E-state index is 12.1. The Morgan fingerprint density at radius 2 is 2.00 bits per heavy atom. The number of nitrogens with one attached hydrogen (secondary N) is 1. The quantitative estimate of drug-likeness (QED) is 0.897. The number of carbonyl (C=O) groups excluding carboxylic acids is 1. The molecule has 20 heavy (non-hydrogen) atoms. The lowest BCUT2D eigenvalue weighted by Crippen LogP contribution is -2.32. The third-order valence-electron chi connectivity index (χ3n) is 4.09. The maximum absolute atomic E-state index is 12.1. The summed E-state index contributed by atoms with van der Waals surface area (Å²) in [6, 6.07) is 8.73. The van der Waals surface area contributed by atoms with E-state index in [-0.39, 0.29) is 36.3 Å². The van der Waals surface area contributed by atoms with Crippen LogP contribution in [0.4, 0.5) is 0 Å². The second-order valence-corrected chi connectivity index (χ2v) is 5.60. The van der Waals surface area contributed by atoms with Gasteiger partial charge in [-0.3, -0.25) is 4.79 Å². The van der Waals surface area contributed by atoms with Gasteiger partial charge in [-0.1, -0.05) is 31.2 Å². The van der Waals surface area contributed by atoms with Crippen molar-refractivity contribution in [3.63, 3.8) is 0 Å². The number of halogens is 1. The molecule has 0 heterocycles. The predicted molar refractivity (Wildman–Crippen MR) is 84.9 cm³/mol. The Balaban J connectivity index is 0.00000200. The predicted octanol–water partition coefficient (Wildman–Crippen LogP) is 2.98. The molecule has 4 heteroatoms. The van der Waals surface area contributed by atoms with Gasteiger partial charge in [0.25, 0.3) is 0 Å². The van der Waals surface area contributed by atoms with Crippen molar-refractivity contribution < 1.29 is 4.79 Å². The number of rotatable bonds is 4. The lowest BCUT2D eigenvalue weighted by molar-refractivity contribution is -0.125.